The number of carbonyl (C=O) groups is 3. The fourth-order valence-electron chi connectivity index (χ4n) is 3.79. The van der Waals surface area contributed by atoms with Crippen molar-refractivity contribution in [3.8, 4) is 11.5 Å². The van der Waals surface area contributed by atoms with E-state index in [1.54, 1.807) is 0 Å². The summed E-state index contributed by atoms with van der Waals surface area (Å²) in [5.74, 6) is -1.18. The zero-order valence-electron chi connectivity index (χ0n) is 20.8. The lowest BCUT2D eigenvalue weighted by molar-refractivity contribution is -0.385. The number of thioether (sulfide) groups is 1. The normalized spacial score (nSPS) is 17.0. The summed E-state index contributed by atoms with van der Waals surface area (Å²) in [4.78, 5) is 50.4. The Morgan fingerprint density at radius 2 is 1.87 bits per heavy atom. The topological polar surface area (TPSA) is 163 Å². The van der Waals surface area contributed by atoms with Gasteiger partial charge in [-0.2, -0.15) is 8.42 Å². The molecule has 39 heavy (non-hydrogen) atoms. The van der Waals surface area contributed by atoms with Crippen LogP contribution in [0.1, 0.15) is 11.1 Å². The van der Waals surface area contributed by atoms with E-state index in [0.29, 0.717) is 43.6 Å². The van der Waals surface area contributed by atoms with E-state index in [4.69, 9.17) is 13.7 Å². The predicted octanol–water partition coefficient (Wildman–Crippen LogP) is 2.57. The van der Waals surface area contributed by atoms with E-state index in [9.17, 15) is 32.9 Å². The SMILES string of the molecule is COc1cc(/C=C2\SC(=O)N(CC(=O)N3CCOCC3)C2=O)ccc1OS(=O)(=O)c1ccc(C)c([N+](=O)[O-])c1. The van der Waals surface area contributed by atoms with Gasteiger partial charge in [-0.05, 0) is 48.5 Å². The van der Waals surface area contributed by atoms with Gasteiger partial charge in [-0.25, -0.2) is 0 Å². The molecule has 2 saturated heterocycles. The van der Waals surface area contributed by atoms with Crippen LogP contribution >= 0.6 is 11.8 Å². The number of ether oxygens (including phenoxy) is 2. The number of hydrogen-bond acceptors (Lipinski definition) is 11. The molecule has 206 valence electrons. The molecule has 2 heterocycles. The van der Waals surface area contributed by atoms with E-state index in [1.165, 1.54) is 55.3 Å². The second-order valence-electron chi connectivity index (χ2n) is 8.41. The Morgan fingerprint density at radius 3 is 2.54 bits per heavy atom. The van der Waals surface area contributed by atoms with Gasteiger partial charge in [-0.15, -0.1) is 0 Å². The molecule has 0 spiro atoms. The van der Waals surface area contributed by atoms with Crippen LogP contribution in [0.2, 0.25) is 0 Å². The maximum absolute atomic E-state index is 12.8. The van der Waals surface area contributed by atoms with Crippen molar-refractivity contribution < 1.29 is 41.4 Å². The summed E-state index contributed by atoms with van der Waals surface area (Å²) in [5.41, 5.74) is 0.311. The van der Waals surface area contributed by atoms with Gasteiger partial charge >= 0.3 is 10.1 Å². The molecule has 3 amide bonds. The zero-order valence-corrected chi connectivity index (χ0v) is 22.5. The second kappa shape index (κ2) is 11.4. The molecular weight excluding hydrogens is 554 g/mol. The average molecular weight is 578 g/mol. The highest BCUT2D eigenvalue weighted by Crippen LogP contribution is 2.36. The lowest BCUT2D eigenvalue weighted by Crippen LogP contribution is -2.46. The molecule has 4 rings (SSSR count). The molecule has 13 nitrogen and oxygen atoms in total. The van der Waals surface area contributed by atoms with Gasteiger partial charge < -0.3 is 18.6 Å². The maximum Gasteiger partial charge on any atom is 0.339 e. The van der Waals surface area contributed by atoms with Crippen LogP contribution in [0, 0.1) is 17.0 Å². The van der Waals surface area contributed by atoms with Crippen LogP contribution in [0.3, 0.4) is 0 Å². The summed E-state index contributed by atoms with van der Waals surface area (Å²) < 4.78 is 41.2. The third-order valence-electron chi connectivity index (χ3n) is 5.88. The van der Waals surface area contributed by atoms with Crippen LogP contribution in [0.5, 0.6) is 11.5 Å². The molecule has 2 aromatic rings. The van der Waals surface area contributed by atoms with Gasteiger partial charge in [-0.3, -0.25) is 29.4 Å². The van der Waals surface area contributed by atoms with Gasteiger partial charge in [-0.1, -0.05) is 12.1 Å². The van der Waals surface area contributed by atoms with E-state index >= 15 is 0 Å². The van der Waals surface area contributed by atoms with Crippen LogP contribution in [0.25, 0.3) is 6.08 Å². The van der Waals surface area contributed by atoms with Crippen molar-refractivity contribution in [3.63, 3.8) is 0 Å². The van der Waals surface area contributed by atoms with E-state index in [1.807, 2.05) is 0 Å². The van der Waals surface area contributed by atoms with Crippen molar-refractivity contribution >= 4 is 50.7 Å². The molecule has 2 aliphatic rings. The number of benzene rings is 2. The van der Waals surface area contributed by atoms with Gasteiger partial charge in [0.1, 0.15) is 11.4 Å². The number of hydrogen-bond donors (Lipinski definition) is 0. The van der Waals surface area contributed by atoms with E-state index < -0.39 is 31.1 Å². The first-order valence-electron chi connectivity index (χ1n) is 11.5. The number of methoxy groups -OCH3 is 1. The Kier molecular flexibility index (Phi) is 8.22. The van der Waals surface area contributed by atoms with Gasteiger partial charge in [0, 0.05) is 24.7 Å². The minimum absolute atomic E-state index is 0.00402. The van der Waals surface area contributed by atoms with E-state index in [2.05, 4.69) is 0 Å². The molecule has 0 unspecified atom stereocenters. The first-order valence-corrected chi connectivity index (χ1v) is 13.7. The smallest absolute Gasteiger partial charge is 0.339 e. The van der Waals surface area contributed by atoms with Crippen molar-refractivity contribution in [1.29, 1.82) is 0 Å². The number of carbonyl (C=O) groups excluding carboxylic acids is 3. The number of imide groups is 1. The molecule has 2 fully saturated rings. The second-order valence-corrected chi connectivity index (χ2v) is 11.0. The maximum atomic E-state index is 12.8. The van der Waals surface area contributed by atoms with Crippen LogP contribution < -0.4 is 8.92 Å². The first kappa shape index (κ1) is 28.1. The molecule has 0 N–H and O–H groups in total. The monoisotopic (exact) mass is 577 g/mol. The van der Waals surface area contributed by atoms with Crippen molar-refractivity contribution in [2.45, 2.75) is 11.8 Å². The van der Waals surface area contributed by atoms with E-state index in [0.717, 1.165) is 11.0 Å². The quantitative estimate of drug-likeness (QED) is 0.196. The summed E-state index contributed by atoms with van der Waals surface area (Å²) >= 11 is 0.675. The van der Waals surface area contributed by atoms with Crippen LogP contribution in [-0.4, -0.2) is 80.2 Å². The number of nitro groups is 1. The fourth-order valence-corrected chi connectivity index (χ4v) is 5.59. The summed E-state index contributed by atoms with van der Waals surface area (Å²) in [5, 5.41) is 10.6. The summed E-state index contributed by atoms with van der Waals surface area (Å²) in [7, 11) is -3.17. The molecule has 15 heteroatoms. The van der Waals surface area contributed by atoms with Crippen molar-refractivity contribution in [2.75, 3.05) is 40.0 Å². The summed E-state index contributed by atoms with van der Waals surface area (Å²) in [6.07, 6.45) is 1.41. The Balaban J connectivity index is 1.52. The minimum Gasteiger partial charge on any atom is -0.493 e. The predicted molar refractivity (Wildman–Crippen MR) is 139 cm³/mol. The standard InChI is InChI=1S/C24H23N3O10S2/c1-15-3-5-17(13-18(15)27(31)32)39(33,34)37-19-6-4-16(11-20(19)35-2)12-21-23(29)26(24(30)38-21)14-22(28)25-7-9-36-10-8-25/h3-6,11-13H,7-10,14H2,1-2H3/b21-12-. The van der Waals surface area contributed by atoms with Crippen LogP contribution in [0.15, 0.2) is 46.2 Å². The molecule has 0 aromatic heterocycles. The third-order valence-corrected chi connectivity index (χ3v) is 8.02. The highest BCUT2D eigenvalue weighted by Gasteiger charge is 2.37. The number of morpholine rings is 1. The summed E-state index contributed by atoms with van der Waals surface area (Å²) in [6, 6.07) is 7.53. The Hall–Kier alpha value is -3.95. The van der Waals surface area contributed by atoms with Crippen LogP contribution in [0.4, 0.5) is 10.5 Å². The molecular formula is C24H23N3O10S2. The lowest BCUT2D eigenvalue weighted by Gasteiger charge is -2.28. The highest BCUT2D eigenvalue weighted by molar-refractivity contribution is 8.18. The lowest BCUT2D eigenvalue weighted by atomic mass is 10.2. The molecule has 0 bridgehead atoms. The zero-order chi connectivity index (χ0) is 28.3. The Morgan fingerprint density at radius 1 is 1.15 bits per heavy atom. The Bertz CT molecular complexity index is 1480. The van der Waals surface area contributed by atoms with Gasteiger partial charge in [0.05, 0.1) is 30.2 Å². The number of nitrogens with zero attached hydrogens (tertiary/aromatic N) is 3. The molecule has 2 aliphatic heterocycles. The number of aryl methyl sites for hydroxylation is 1. The van der Waals surface area contributed by atoms with Gasteiger partial charge in [0.25, 0.3) is 16.8 Å². The van der Waals surface area contributed by atoms with E-state index in [-0.39, 0.29) is 40.1 Å². The number of amides is 3. The number of rotatable bonds is 8. The minimum atomic E-state index is -4.45. The fraction of sp³-hybridized carbons (Fsp3) is 0.292. The molecule has 0 atom stereocenters. The molecule has 0 radical (unpaired) electrons. The van der Waals surface area contributed by atoms with Crippen molar-refractivity contribution in [2.24, 2.45) is 0 Å². The Labute approximate surface area is 227 Å². The van der Waals surface area contributed by atoms with Gasteiger partial charge in [0.2, 0.25) is 5.91 Å². The highest BCUT2D eigenvalue weighted by atomic mass is 32.2. The van der Waals surface area contributed by atoms with Crippen molar-refractivity contribution in [1.82, 2.24) is 9.80 Å². The number of nitro benzene ring substituents is 1. The first-order chi connectivity index (χ1) is 18.5. The van der Waals surface area contributed by atoms with Crippen LogP contribution in [-0.2, 0) is 24.4 Å². The molecule has 2 aromatic carbocycles. The largest absolute Gasteiger partial charge is 0.493 e. The molecule has 0 saturated carbocycles. The van der Waals surface area contributed by atoms with Crippen molar-refractivity contribution in [3.05, 3.63) is 62.5 Å². The average Bonchev–Trinajstić information content (AvgIpc) is 3.16. The summed E-state index contributed by atoms with van der Waals surface area (Å²) in [6.45, 7) is 2.65. The molecule has 0 aliphatic carbocycles. The van der Waals surface area contributed by atoms with Gasteiger partial charge in [0.15, 0.2) is 11.5 Å². The third kappa shape index (κ3) is 6.21.